The molecule has 1 saturated heterocycles. The highest BCUT2D eigenvalue weighted by atomic mass is 15.2. The van der Waals surface area contributed by atoms with Crippen LogP contribution >= 0.6 is 0 Å². The zero-order valence-corrected chi connectivity index (χ0v) is 11.0. The van der Waals surface area contributed by atoms with Crippen molar-refractivity contribution in [3.05, 3.63) is 0 Å². The van der Waals surface area contributed by atoms with Crippen LogP contribution in [0.25, 0.3) is 0 Å². The van der Waals surface area contributed by atoms with Crippen LogP contribution in [0, 0.1) is 5.92 Å². The van der Waals surface area contributed by atoms with E-state index in [4.69, 9.17) is 0 Å². The fraction of sp³-hybridized carbons (Fsp3) is 1.00. The van der Waals surface area contributed by atoms with E-state index in [-0.39, 0.29) is 0 Å². The summed E-state index contributed by atoms with van der Waals surface area (Å²) >= 11 is 0. The monoisotopic (exact) mass is 224 g/mol. The molecule has 2 rings (SSSR count). The molecule has 94 valence electrons. The molecule has 0 atom stereocenters. The number of hydrogen-bond donors (Lipinski definition) is 0. The number of hydrogen-bond acceptors (Lipinski definition) is 2. The molecule has 2 aliphatic rings. The molecule has 1 aliphatic carbocycles. The maximum atomic E-state index is 2.66. The Morgan fingerprint density at radius 2 is 1.62 bits per heavy atom. The van der Waals surface area contributed by atoms with Crippen LogP contribution in [0.5, 0.6) is 0 Å². The second-order valence-corrected chi connectivity index (χ2v) is 5.79. The van der Waals surface area contributed by atoms with Crippen LogP contribution in [0.4, 0.5) is 0 Å². The average Bonchev–Trinajstić information content (AvgIpc) is 2.33. The molecule has 16 heavy (non-hydrogen) atoms. The summed E-state index contributed by atoms with van der Waals surface area (Å²) in [6, 6.07) is 0. The molecule has 0 unspecified atom stereocenters. The SMILES string of the molecule is CN1CCN(CCCC2CCCCC2)CC1. The Balaban J connectivity index is 1.53. The van der Waals surface area contributed by atoms with Crippen molar-refractivity contribution in [2.75, 3.05) is 39.8 Å². The lowest BCUT2D eigenvalue weighted by Gasteiger charge is -2.32. The maximum absolute atomic E-state index is 2.66. The largest absolute Gasteiger partial charge is 0.304 e. The highest BCUT2D eigenvalue weighted by Gasteiger charge is 2.15. The van der Waals surface area contributed by atoms with Gasteiger partial charge in [-0.05, 0) is 32.4 Å². The second kappa shape index (κ2) is 6.61. The third kappa shape index (κ3) is 4.06. The van der Waals surface area contributed by atoms with E-state index in [1.807, 2.05) is 0 Å². The third-order valence-electron chi connectivity index (χ3n) is 4.41. The third-order valence-corrected chi connectivity index (χ3v) is 4.41. The lowest BCUT2D eigenvalue weighted by atomic mass is 9.86. The Kier molecular flexibility index (Phi) is 5.11. The van der Waals surface area contributed by atoms with Crippen molar-refractivity contribution in [2.24, 2.45) is 5.92 Å². The Hall–Kier alpha value is -0.0800. The van der Waals surface area contributed by atoms with E-state index < -0.39 is 0 Å². The van der Waals surface area contributed by atoms with Gasteiger partial charge in [0.05, 0.1) is 0 Å². The van der Waals surface area contributed by atoms with Gasteiger partial charge in [0.1, 0.15) is 0 Å². The Morgan fingerprint density at radius 3 is 2.31 bits per heavy atom. The Bertz CT molecular complexity index is 179. The zero-order valence-electron chi connectivity index (χ0n) is 11.0. The topological polar surface area (TPSA) is 6.48 Å². The van der Waals surface area contributed by atoms with Crippen LogP contribution in [0.3, 0.4) is 0 Å². The molecule has 0 aromatic rings. The zero-order chi connectivity index (χ0) is 11.2. The summed E-state index contributed by atoms with van der Waals surface area (Å²) in [5, 5.41) is 0. The van der Waals surface area contributed by atoms with Crippen molar-refractivity contribution in [3.8, 4) is 0 Å². The van der Waals surface area contributed by atoms with Crippen LogP contribution in [0.2, 0.25) is 0 Å². The molecule has 0 N–H and O–H groups in total. The summed E-state index contributed by atoms with van der Waals surface area (Å²) in [7, 11) is 2.24. The van der Waals surface area contributed by atoms with Gasteiger partial charge < -0.3 is 9.80 Å². The van der Waals surface area contributed by atoms with Gasteiger partial charge in [-0.15, -0.1) is 0 Å². The van der Waals surface area contributed by atoms with Gasteiger partial charge in [0.2, 0.25) is 0 Å². The van der Waals surface area contributed by atoms with Crippen LogP contribution in [-0.2, 0) is 0 Å². The summed E-state index contributed by atoms with van der Waals surface area (Å²) in [6.45, 7) is 6.47. The molecule has 0 spiro atoms. The van der Waals surface area contributed by atoms with Crippen LogP contribution in [-0.4, -0.2) is 49.6 Å². The smallest absolute Gasteiger partial charge is 0.0110 e. The molecule has 0 amide bonds. The molecule has 1 aliphatic heterocycles. The minimum absolute atomic E-state index is 1.07. The van der Waals surface area contributed by atoms with Gasteiger partial charge in [0.15, 0.2) is 0 Å². The van der Waals surface area contributed by atoms with Crippen LogP contribution < -0.4 is 0 Å². The fourth-order valence-electron chi connectivity index (χ4n) is 3.15. The lowest BCUT2D eigenvalue weighted by molar-refractivity contribution is 0.149. The van der Waals surface area contributed by atoms with Gasteiger partial charge in [-0.2, -0.15) is 0 Å². The van der Waals surface area contributed by atoms with Crippen molar-refractivity contribution in [2.45, 2.75) is 44.9 Å². The predicted molar refractivity (Wildman–Crippen MR) is 69.7 cm³/mol. The van der Waals surface area contributed by atoms with Crippen molar-refractivity contribution in [3.63, 3.8) is 0 Å². The average molecular weight is 224 g/mol. The van der Waals surface area contributed by atoms with Crippen LogP contribution in [0.1, 0.15) is 44.9 Å². The molecule has 0 aromatic carbocycles. The van der Waals surface area contributed by atoms with E-state index in [1.54, 1.807) is 0 Å². The molecule has 1 heterocycles. The highest BCUT2D eigenvalue weighted by Crippen LogP contribution is 2.27. The molecule has 2 heteroatoms. The minimum atomic E-state index is 1.07. The summed E-state index contributed by atoms with van der Waals surface area (Å²) in [5.74, 6) is 1.07. The standard InChI is InChI=1S/C14H28N2/c1-15-10-12-16(13-11-15)9-5-8-14-6-3-2-4-7-14/h14H,2-13H2,1H3. The van der Waals surface area contributed by atoms with Gasteiger partial charge in [0, 0.05) is 26.2 Å². The van der Waals surface area contributed by atoms with Crippen molar-refractivity contribution in [1.29, 1.82) is 0 Å². The summed E-state index contributed by atoms with van der Waals surface area (Å²) in [6.07, 6.45) is 10.5. The molecule has 1 saturated carbocycles. The number of nitrogens with zero attached hydrogens (tertiary/aromatic N) is 2. The Labute approximate surface area is 101 Å². The number of rotatable bonds is 4. The van der Waals surface area contributed by atoms with E-state index in [1.165, 1.54) is 77.7 Å². The lowest BCUT2D eigenvalue weighted by Crippen LogP contribution is -2.44. The van der Waals surface area contributed by atoms with Crippen molar-refractivity contribution >= 4 is 0 Å². The van der Waals surface area contributed by atoms with Crippen molar-refractivity contribution < 1.29 is 0 Å². The first-order valence-corrected chi connectivity index (χ1v) is 7.25. The molecule has 0 radical (unpaired) electrons. The Morgan fingerprint density at radius 1 is 0.938 bits per heavy atom. The number of likely N-dealkylation sites (N-methyl/N-ethyl adjacent to an activating group) is 1. The first-order chi connectivity index (χ1) is 7.84. The minimum Gasteiger partial charge on any atom is -0.304 e. The van der Waals surface area contributed by atoms with Crippen molar-refractivity contribution in [1.82, 2.24) is 9.80 Å². The molecule has 2 fully saturated rings. The van der Waals surface area contributed by atoms with E-state index >= 15 is 0 Å². The normalized spacial score (nSPS) is 26.1. The number of piperazine rings is 1. The predicted octanol–water partition coefficient (Wildman–Crippen LogP) is 2.59. The van der Waals surface area contributed by atoms with E-state index in [0.717, 1.165) is 5.92 Å². The molecular formula is C14H28N2. The molecule has 0 aromatic heterocycles. The molecular weight excluding hydrogens is 196 g/mol. The van der Waals surface area contributed by atoms with E-state index in [9.17, 15) is 0 Å². The second-order valence-electron chi connectivity index (χ2n) is 5.79. The first-order valence-electron chi connectivity index (χ1n) is 7.25. The maximum Gasteiger partial charge on any atom is 0.0110 e. The summed E-state index contributed by atoms with van der Waals surface area (Å²) in [5.41, 5.74) is 0. The fourth-order valence-corrected chi connectivity index (χ4v) is 3.15. The molecule has 0 bridgehead atoms. The van der Waals surface area contributed by atoms with E-state index in [0.29, 0.717) is 0 Å². The molecule has 2 nitrogen and oxygen atoms in total. The first kappa shape index (κ1) is 12.4. The van der Waals surface area contributed by atoms with Gasteiger partial charge in [0.25, 0.3) is 0 Å². The quantitative estimate of drug-likeness (QED) is 0.724. The summed E-state index contributed by atoms with van der Waals surface area (Å²) in [4.78, 5) is 5.10. The summed E-state index contributed by atoms with van der Waals surface area (Å²) < 4.78 is 0. The van der Waals surface area contributed by atoms with Gasteiger partial charge in [-0.25, -0.2) is 0 Å². The highest BCUT2D eigenvalue weighted by molar-refractivity contribution is 4.71. The van der Waals surface area contributed by atoms with Gasteiger partial charge in [-0.1, -0.05) is 32.1 Å². The van der Waals surface area contributed by atoms with Crippen LogP contribution in [0.15, 0.2) is 0 Å². The van der Waals surface area contributed by atoms with E-state index in [2.05, 4.69) is 16.8 Å². The van der Waals surface area contributed by atoms with Gasteiger partial charge in [-0.3, -0.25) is 0 Å². The van der Waals surface area contributed by atoms with Gasteiger partial charge >= 0.3 is 0 Å².